The molecular formula is C29H26Cl2N2O2. The molecule has 178 valence electrons. The number of carbonyl (C=O) groups excluding carboxylic acids is 2. The fourth-order valence-corrected chi connectivity index (χ4v) is 6.29. The Morgan fingerprint density at radius 2 is 1.34 bits per heavy atom. The van der Waals surface area contributed by atoms with Crippen LogP contribution in [0.15, 0.2) is 78.9 Å². The lowest BCUT2D eigenvalue weighted by Crippen LogP contribution is -2.67. The molecular weight excluding hydrogens is 479 g/mol. The van der Waals surface area contributed by atoms with Gasteiger partial charge in [-0.2, -0.15) is 0 Å². The van der Waals surface area contributed by atoms with E-state index in [1.165, 1.54) is 0 Å². The molecule has 3 fully saturated rings. The number of amides is 2. The summed E-state index contributed by atoms with van der Waals surface area (Å²) in [6.45, 7) is 1.18. The molecule has 0 radical (unpaired) electrons. The van der Waals surface area contributed by atoms with E-state index in [4.69, 9.17) is 23.2 Å². The van der Waals surface area contributed by atoms with Gasteiger partial charge in [0.2, 0.25) is 11.8 Å². The molecule has 6 rings (SSSR count). The van der Waals surface area contributed by atoms with Crippen LogP contribution >= 0.6 is 23.2 Å². The van der Waals surface area contributed by atoms with Crippen molar-refractivity contribution in [2.24, 2.45) is 5.41 Å². The second kappa shape index (κ2) is 8.39. The zero-order valence-corrected chi connectivity index (χ0v) is 20.8. The van der Waals surface area contributed by atoms with E-state index < -0.39 is 10.8 Å². The van der Waals surface area contributed by atoms with Crippen molar-refractivity contribution in [3.8, 4) is 0 Å². The summed E-state index contributed by atoms with van der Waals surface area (Å²) >= 11 is 12.2. The van der Waals surface area contributed by atoms with Crippen LogP contribution in [0.25, 0.3) is 0 Å². The van der Waals surface area contributed by atoms with Crippen molar-refractivity contribution >= 4 is 40.7 Å². The topological polar surface area (TPSA) is 40.6 Å². The van der Waals surface area contributed by atoms with Crippen LogP contribution in [0.5, 0.6) is 0 Å². The van der Waals surface area contributed by atoms with Crippen LogP contribution in [-0.2, 0) is 15.0 Å². The maximum absolute atomic E-state index is 13.7. The minimum absolute atomic E-state index is 0.0712. The van der Waals surface area contributed by atoms with E-state index >= 15 is 0 Å². The Bertz CT molecular complexity index is 1260. The SMILES string of the molecule is O=C(N1CCC2(CC1)C(=O)N(c1ccccc1)C2c1ccc(Cl)cc1)C1(c2ccc(Cl)cc2)CC1. The normalized spacial score (nSPS) is 22.1. The van der Waals surface area contributed by atoms with E-state index in [1.54, 1.807) is 0 Å². The third-order valence-electron chi connectivity index (χ3n) is 8.15. The quantitative estimate of drug-likeness (QED) is 0.384. The van der Waals surface area contributed by atoms with E-state index in [-0.39, 0.29) is 17.9 Å². The van der Waals surface area contributed by atoms with Crippen LogP contribution in [0.1, 0.15) is 42.9 Å². The van der Waals surface area contributed by atoms with Crippen LogP contribution in [0.3, 0.4) is 0 Å². The second-order valence-corrected chi connectivity index (χ2v) is 10.9. The number of halogens is 2. The van der Waals surface area contributed by atoms with Crippen LogP contribution < -0.4 is 4.90 Å². The van der Waals surface area contributed by atoms with Crippen LogP contribution in [-0.4, -0.2) is 29.8 Å². The van der Waals surface area contributed by atoms with E-state index in [9.17, 15) is 9.59 Å². The fraction of sp³-hybridized carbons (Fsp3) is 0.310. The van der Waals surface area contributed by atoms with Crippen molar-refractivity contribution < 1.29 is 9.59 Å². The van der Waals surface area contributed by atoms with Gasteiger partial charge in [0.25, 0.3) is 0 Å². The molecule has 1 unspecified atom stereocenters. The highest BCUT2D eigenvalue weighted by atomic mass is 35.5. The first-order chi connectivity index (χ1) is 16.9. The van der Waals surface area contributed by atoms with Gasteiger partial charge in [-0.3, -0.25) is 9.59 Å². The van der Waals surface area contributed by atoms with E-state index in [1.807, 2.05) is 88.7 Å². The van der Waals surface area contributed by atoms with Gasteiger partial charge < -0.3 is 9.80 Å². The van der Waals surface area contributed by atoms with Crippen molar-refractivity contribution in [1.82, 2.24) is 4.90 Å². The van der Waals surface area contributed by atoms with Gasteiger partial charge in [-0.05, 0) is 73.2 Å². The van der Waals surface area contributed by atoms with Gasteiger partial charge >= 0.3 is 0 Å². The zero-order valence-electron chi connectivity index (χ0n) is 19.3. The van der Waals surface area contributed by atoms with E-state index in [0.29, 0.717) is 36.0 Å². The number of carbonyl (C=O) groups is 2. The minimum atomic E-state index is -0.503. The molecule has 1 aliphatic carbocycles. The molecule has 1 saturated carbocycles. The smallest absolute Gasteiger partial charge is 0.236 e. The highest BCUT2D eigenvalue weighted by Crippen LogP contribution is 2.58. The lowest BCUT2D eigenvalue weighted by molar-refractivity contribution is -0.150. The average molecular weight is 505 g/mol. The Kier molecular flexibility index (Phi) is 5.43. The molecule has 1 spiro atoms. The summed E-state index contributed by atoms with van der Waals surface area (Å²) in [5.41, 5.74) is 2.10. The number of hydrogen-bond donors (Lipinski definition) is 0. The first-order valence-electron chi connectivity index (χ1n) is 12.1. The number of piperidine rings is 1. The molecule has 2 heterocycles. The van der Waals surface area contributed by atoms with Gasteiger partial charge in [0, 0.05) is 28.8 Å². The summed E-state index contributed by atoms with van der Waals surface area (Å²) in [6.07, 6.45) is 3.04. The largest absolute Gasteiger partial charge is 0.342 e. The Labute approximate surface area is 215 Å². The molecule has 0 aromatic heterocycles. The summed E-state index contributed by atoms with van der Waals surface area (Å²) in [4.78, 5) is 31.2. The number of likely N-dealkylation sites (tertiary alicyclic amines) is 1. The molecule has 2 amide bonds. The third-order valence-corrected chi connectivity index (χ3v) is 8.65. The molecule has 3 aromatic rings. The molecule has 4 nitrogen and oxygen atoms in total. The molecule has 6 heteroatoms. The van der Waals surface area contributed by atoms with Gasteiger partial charge in [-0.1, -0.05) is 65.7 Å². The highest BCUT2D eigenvalue weighted by molar-refractivity contribution is 6.30. The molecule has 35 heavy (non-hydrogen) atoms. The van der Waals surface area contributed by atoms with Crippen LogP contribution in [0, 0.1) is 5.41 Å². The van der Waals surface area contributed by atoms with Gasteiger partial charge in [0.1, 0.15) is 0 Å². The maximum Gasteiger partial charge on any atom is 0.236 e. The monoisotopic (exact) mass is 504 g/mol. The molecule has 0 N–H and O–H groups in total. The fourth-order valence-electron chi connectivity index (χ4n) is 6.04. The predicted octanol–water partition coefficient (Wildman–Crippen LogP) is 6.42. The van der Waals surface area contributed by atoms with Gasteiger partial charge in [-0.15, -0.1) is 0 Å². The molecule has 3 aliphatic rings. The number of benzene rings is 3. The van der Waals surface area contributed by atoms with Gasteiger partial charge in [0.05, 0.1) is 16.9 Å². The number of rotatable bonds is 4. The lowest BCUT2D eigenvalue weighted by Gasteiger charge is -2.59. The summed E-state index contributed by atoms with van der Waals surface area (Å²) in [6, 6.07) is 25.3. The number of anilines is 1. The standard InChI is InChI=1S/C29H26Cl2N2O2/c30-22-10-6-20(7-11-22)25-29(27(35)33(25)24-4-2-1-3-5-24)16-18-32(19-17-29)26(34)28(14-15-28)21-8-12-23(31)13-9-21/h1-13,25H,14-19H2. The van der Waals surface area contributed by atoms with Gasteiger partial charge in [0.15, 0.2) is 0 Å². The number of nitrogens with zero attached hydrogens (tertiary/aromatic N) is 2. The summed E-state index contributed by atoms with van der Waals surface area (Å²) < 4.78 is 0. The molecule has 0 bridgehead atoms. The lowest BCUT2D eigenvalue weighted by atomic mass is 9.62. The molecule has 2 saturated heterocycles. The highest BCUT2D eigenvalue weighted by Gasteiger charge is 2.63. The second-order valence-electron chi connectivity index (χ2n) is 10.0. The number of β-lactam (4-membered cyclic amide) rings is 1. The summed E-state index contributed by atoms with van der Waals surface area (Å²) in [5, 5.41) is 1.36. The molecule has 1 atom stereocenters. The van der Waals surface area contributed by atoms with Crippen molar-refractivity contribution in [2.75, 3.05) is 18.0 Å². The van der Waals surface area contributed by atoms with Crippen molar-refractivity contribution in [3.05, 3.63) is 100 Å². The van der Waals surface area contributed by atoms with Crippen molar-refractivity contribution in [3.63, 3.8) is 0 Å². The number of para-hydroxylation sites is 1. The first-order valence-corrected chi connectivity index (χ1v) is 12.9. The number of hydrogen-bond acceptors (Lipinski definition) is 2. The maximum atomic E-state index is 13.7. The van der Waals surface area contributed by atoms with Gasteiger partial charge in [-0.25, -0.2) is 0 Å². The third kappa shape index (κ3) is 3.57. The van der Waals surface area contributed by atoms with E-state index in [2.05, 4.69) is 0 Å². The summed E-state index contributed by atoms with van der Waals surface area (Å²) in [7, 11) is 0. The summed E-state index contributed by atoms with van der Waals surface area (Å²) in [5.74, 6) is 0.332. The predicted molar refractivity (Wildman–Crippen MR) is 139 cm³/mol. The minimum Gasteiger partial charge on any atom is -0.342 e. The van der Waals surface area contributed by atoms with Crippen LogP contribution in [0.4, 0.5) is 5.69 Å². The van der Waals surface area contributed by atoms with E-state index in [0.717, 1.165) is 29.7 Å². The molecule has 2 aliphatic heterocycles. The Morgan fingerprint density at radius 1 is 0.771 bits per heavy atom. The Morgan fingerprint density at radius 3 is 1.91 bits per heavy atom. The Balaban J connectivity index is 1.26. The van der Waals surface area contributed by atoms with Crippen molar-refractivity contribution in [2.45, 2.75) is 37.1 Å². The average Bonchev–Trinajstić information content (AvgIpc) is 3.70. The molecule has 3 aromatic carbocycles. The van der Waals surface area contributed by atoms with Crippen LogP contribution in [0.2, 0.25) is 10.0 Å². The zero-order chi connectivity index (χ0) is 24.2. The van der Waals surface area contributed by atoms with Crippen molar-refractivity contribution in [1.29, 1.82) is 0 Å². The first kappa shape index (κ1) is 22.6. The Hall–Kier alpha value is -2.82.